The predicted octanol–water partition coefficient (Wildman–Crippen LogP) is 1.65. The first-order chi connectivity index (χ1) is 14.5. The molecule has 0 aliphatic carbocycles. The van der Waals surface area contributed by atoms with E-state index in [1.54, 1.807) is 6.07 Å². The maximum absolute atomic E-state index is 12.1. The van der Waals surface area contributed by atoms with Crippen molar-refractivity contribution in [1.82, 2.24) is 31.7 Å². The van der Waals surface area contributed by atoms with Crippen molar-refractivity contribution < 1.29 is 14.4 Å². The summed E-state index contributed by atoms with van der Waals surface area (Å²) in [6.07, 6.45) is 0. The second kappa shape index (κ2) is 9.87. The maximum Gasteiger partial charge on any atom is 0.315 e. The van der Waals surface area contributed by atoms with Crippen molar-refractivity contribution in [2.45, 2.75) is 13.5 Å². The smallest absolute Gasteiger partial charge is 0.315 e. The molecule has 0 radical (unpaired) electrons. The molecule has 0 saturated carbocycles. The minimum atomic E-state index is -0.573. The van der Waals surface area contributed by atoms with Crippen LogP contribution in [0.3, 0.4) is 0 Å². The van der Waals surface area contributed by atoms with E-state index in [1.165, 1.54) is 0 Å². The molecule has 1 aromatic heterocycles. The maximum atomic E-state index is 12.1. The van der Waals surface area contributed by atoms with Gasteiger partial charge in [-0.1, -0.05) is 60.2 Å². The number of urea groups is 1. The summed E-state index contributed by atoms with van der Waals surface area (Å²) >= 11 is 0. The van der Waals surface area contributed by atoms with Gasteiger partial charge < -0.3 is 10.6 Å². The van der Waals surface area contributed by atoms with Crippen molar-refractivity contribution in [3.05, 3.63) is 77.5 Å². The number of nitrogens with zero attached hydrogens (tertiary/aromatic N) is 1. The highest BCUT2D eigenvalue weighted by Crippen LogP contribution is 2.16. The average molecular weight is 406 g/mol. The van der Waals surface area contributed by atoms with E-state index in [9.17, 15) is 14.4 Å². The van der Waals surface area contributed by atoms with Crippen molar-refractivity contribution in [2.75, 3.05) is 6.54 Å². The Balaban J connectivity index is 1.38. The fourth-order valence-electron chi connectivity index (χ4n) is 2.54. The van der Waals surface area contributed by atoms with E-state index in [1.807, 2.05) is 61.5 Å². The zero-order chi connectivity index (χ0) is 21.3. The zero-order valence-electron chi connectivity index (χ0n) is 16.4. The van der Waals surface area contributed by atoms with Gasteiger partial charge in [0.05, 0.1) is 5.69 Å². The lowest BCUT2D eigenvalue weighted by molar-refractivity contribution is -0.120. The number of aromatic nitrogens is 2. The number of H-pyrrole nitrogens is 1. The summed E-state index contributed by atoms with van der Waals surface area (Å²) in [5.74, 6) is -1.13. The van der Waals surface area contributed by atoms with Gasteiger partial charge in [-0.05, 0) is 18.6 Å². The molecule has 0 bridgehead atoms. The van der Waals surface area contributed by atoms with Crippen LogP contribution in [0.2, 0.25) is 0 Å². The first-order valence-corrected chi connectivity index (χ1v) is 9.28. The number of nitrogens with one attached hydrogen (secondary N) is 5. The summed E-state index contributed by atoms with van der Waals surface area (Å²) in [5, 5.41) is 11.8. The molecule has 0 aliphatic heterocycles. The van der Waals surface area contributed by atoms with Gasteiger partial charge in [-0.25, -0.2) is 4.79 Å². The Kier molecular flexibility index (Phi) is 6.78. The monoisotopic (exact) mass is 406 g/mol. The first kappa shape index (κ1) is 20.6. The van der Waals surface area contributed by atoms with E-state index in [0.717, 1.165) is 16.7 Å². The van der Waals surface area contributed by atoms with Crippen molar-refractivity contribution in [3.8, 4) is 11.3 Å². The molecule has 9 nitrogen and oxygen atoms in total. The minimum absolute atomic E-state index is 0.193. The Morgan fingerprint density at radius 1 is 0.933 bits per heavy atom. The van der Waals surface area contributed by atoms with Crippen LogP contribution in [0.4, 0.5) is 4.79 Å². The molecule has 0 spiro atoms. The Hall–Kier alpha value is -4.14. The van der Waals surface area contributed by atoms with Crippen LogP contribution in [0.1, 0.15) is 21.6 Å². The second-order valence-corrected chi connectivity index (χ2v) is 6.56. The summed E-state index contributed by atoms with van der Waals surface area (Å²) in [6.45, 7) is 2.03. The number of hydrogen-bond donors (Lipinski definition) is 5. The van der Waals surface area contributed by atoms with Gasteiger partial charge in [0.15, 0.2) is 0 Å². The highest BCUT2D eigenvalue weighted by molar-refractivity contribution is 5.95. The number of rotatable bonds is 6. The molecule has 0 aliphatic rings. The Morgan fingerprint density at radius 3 is 2.40 bits per heavy atom. The lowest BCUT2D eigenvalue weighted by Gasteiger charge is -2.09. The highest BCUT2D eigenvalue weighted by atomic mass is 16.2. The molecule has 0 unspecified atom stereocenters. The quantitative estimate of drug-likeness (QED) is 0.399. The van der Waals surface area contributed by atoms with Gasteiger partial charge >= 0.3 is 6.03 Å². The fourth-order valence-corrected chi connectivity index (χ4v) is 2.54. The SMILES string of the molecule is Cc1ccc(CNC(=O)NCC(=O)NNC(=O)c2cc(-c3ccccc3)n[nH]2)cc1. The summed E-state index contributed by atoms with van der Waals surface area (Å²) in [6, 6.07) is 18.2. The van der Waals surface area contributed by atoms with Gasteiger partial charge in [0.2, 0.25) is 0 Å². The fraction of sp³-hybridized carbons (Fsp3) is 0.143. The van der Waals surface area contributed by atoms with Crippen molar-refractivity contribution in [1.29, 1.82) is 0 Å². The molecule has 4 amide bonds. The van der Waals surface area contributed by atoms with Crippen molar-refractivity contribution >= 4 is 17.8 Å². The molecule has 3 rings (SSSR count). The average Bonchev–Trinajstić information content (AvgIpc) is 3.27. The van der Waals surface area contributed by atoms with Crippen LogP contribution in [-0.4, -0.2) is 34.6 Å². The van der Waals surface area contributed by atoms with E-state index in [-0.39, 0.29) is 12.2 Å². The largest absolute Gasteiger partial charge is 0.334 e. The number of carbonyl (C=O) groups excluding carboxylic acids is 3. The lowest BCUT2D eigenvalue weighted by Crippen LogP contribution is -2.48. The van der Waals surface area contributed by atoms with Gasteiger partial charge in [0, 0.05) is 12.1 Å². The molecule has 154 valence electrons. The Labute approximate surface area is 173 Å². The number of aromatic amines is 1. The van der Waals surface area contributed by atoms with Crippen LogP contribution in [0.15, 0.2) is 60.7 Å². The van der Waals surface area contributed by atoms with Crippen molar-refractivity contribution in [3.63, 3.8) is 0 Å². The topological polar surface area (TPSA) is 128 Å². The standard InChI is InChI=1S/C21H22N6O3/c1-14-7-9-15(10-8-14)12-22-21(30)23-13-19(28)26-27-20(29)18-11-17(24-25-18)16-5-3-2-4-6-16/h2-11H,12-13H2,1H3,(H,24,25)(H,26,28)(H,27,29)(H2,22,23,30). The second-order valence-electron chi connectivity index (χ2n) is 6.56. The van der Waals surface area contributed by atoms with E-state index < -0.39 is 17.8 Å². The number of amides is 4. The first-order valence-electron chi connectivity index (χ1n) is 9.28. The highest BCUT2D eigenvalue weighted by Gasteiger charge is 2.12. The van der Waals surface area contributed by atoms with Crippen LogP contribution in [-0.2, 0) is 11.3 Å². The third-order valence-corrected chi connectivity index (χ3v) is 4.19. The third-order valence-electron chi connectivity index (χ3n) is 4.19. The van der Waals surface area contributed by atoms with E-state index in [4.69, 9.17) is 0 Å². The Bertz CT molecular complexity index is 1010. The lowest BCUT2D eigenvalue weighted by atomic mass is 10.1. The Morgan fingerprint density at radius 2 is 1.67 bits per heavy atom. The predicted molar refractivity (Wildman–Crippen MR) is 111 cm³/mol. The number of hydrazine groups is 1. The van der Waals surface area contributed by atoms with Crippen LogP contribution in [0.5, 0.6) is 0 Å². The molecular weight excluding hydrogens is 384 g/mol. The van der Waals surface area contributed by atoms with Gasteiger partial charge in [-0.3, -0.25) is 25.5 Å². The molecule has 9 heteroatoms. The van der Waals surface area contributed by atoms with Crippen LogP contribution >= 0.6 is 0 Å². The molecule has 3 aromatic rings. The normalized spacial score (nSPS) is 10.2. The van der Waals surface area contributed by atoms with Crippen LogP contribution in [0, 0.1) is 6.92 Å². The van der Waals surface area contributed by atoms with Gasteiger partial charge in [0.25, 0.3) is 11.8 Å². The molecular formula is C21H22N6O3. The molecule has 5 N–H and O–H groups in total. The minimum Gasteiger partial charge on any atom is -0.334 e. The zero-order valence-corrected chi connectivity index (χ0v) is 16.4. The molecule has 1 heterocycles. The molecule has 0 fully saturated rings. The van der Waals surface area contributed by atoms with Crippen LogP contribution in [0.25, 0.3) is 11.3 Å². The van der Waals surface area contributed by atoms with Gasteiger partial charge in [-0.2, -0.15) is 5.10 Å². The summed E-state index contributed by atoms with van der Waals surface area (Å²) in [4.78, 5) is 35.7. The molecule has 0 saturated heterocycles. The van der Waals surface area contributed by atoms with Crippen LogP contribution < -0.4 is 21.5 Å². The van der Waals surface area contributed by atoms with Crippen molar-refractivity contribution in [2.24, 2.45) is 0 Å². The third kappa shape index (κ3) is 5.93. The summed E-state index contributed by atoms with van der Waals surface area (Å²) in [5.41, 5.74) is 8.25. The van der Waals surface area contributed by atoms with E-state index in [0.29, 0.717) is 12.2 Å². The van der Waals surface area contributed by atoms with Gasteiger partial charge in [-0.15, -0.1) is 0 Å². The van der Waals surface area contributed by atoms with E-state index in [2.05, 4.69) is 31.7 Å². The summed E-state index contributed by atoms with van der Waals surface area (Å²) < 4.78 is 0. The molecule has 30 heavy (non-hydrogen) atoms. The number of benzene rings is 2. The molecule has 2 aromatic carbocycles. The molecule has 0 atom stereocenters. The summed E-state index contributed by atoms with van der Waals surface area (Å²) in [7, 11) is 0. The number of carbonyl (C=O) groups is 3. The van der Waals surface area contributed by atoms with Gasteiger partial charge in [0.1, 0.15) is 12.2 Å². The number of hydrogen-bond acceptors (Lipinski definition) is 4. The van der Waals surface area contributed by atoms with E-state index >= 15 is 0 Å². The number of aryl methyl sites for hydroxylation is 1.